The summed E-state index contributed by atoms with van der Waals surface area (Å²) in [6.07, 6.45) is 0. The van der Waals surface area contributed by atoms with E-state index in [4.69, 9.17) is 10.5 Å². The van der Waals surface area contributed by atoms with Crippen LogP contribution in [-0.2, 0) is 0 Å². The number of ether oxygens (including phenoxy) is 1. The minimum absolute atomic E-state index is 0.493. The molecule has 20 heavy (non-hydrogen) atoms. The number of rotatable bonds is 3. The van der Waals surface area contributed by atoms with E-state index in [-0.39, 0.29) is 0 Å². The highest BCUT2D eigenvalue weighted by Gasteiger charge is 2.18. The Hall–Kier alpha value is -1.79. The van der Waals surface area contributed by atoms with Crippen LogP contribution in [0.2, 0.25) is 0 Å². The van der Waals surface area contributed by atoms with E-state index in [0.29, 0.717) is 5.82 Å². The van der Waals surface area contributed by atoms with Crippen LogP contribution in [0, 0.1) is 0 Å². The molecule has 0 unspecified atom stereocenters. The molecule has 0 atom stereocenters. The van der Waals surface area contributed by atoms with Crippen molar-refractivity contribution >= 4 is 33.1 Å². The van der Waals surface area contributed by atoms with Crippen LogP contribution in [0.4, 0.5) is 5.82 Å². The molecule has 0 aliphatic carbocycles. The number of hydrogen-bond acceptors (Lipinski definition) is 4. The van der Waals surface area contributed by atoms with Gasteiger partial charge in [0.25, 0.3) is 0 Å². The lowest BCUT2D eigenvalue weighted by molar-refractivity contribution is 0.416. The van der Waals surface area contributed by atoms with Gasteiger partial charge in [0.1, 0.15) is 5.75 Å². The molecule has 0 fully saturated rings. The number of nitrogens with two attached hydrogens (primary N) is 1. The zero-order chi connectivity index (χ0) is 14.1. The number of nitrogen functional groups attached to an aromatic ring is 1. The first kappa shape index (κ1) is 13.2. The molecule has 0 amide bonds. The number of anilines is 1. The lowest BCUT2D eigenvalue weighted by Gasteiger charge is -2.09. The maximum Gasteiger partial charge on any atom is 0.154 e. The first-order valence-corrected chi connectivity index (χ1v) is 7.59. The molecule has 3 rings (SSSR count). The number of halogens is 1. The summed E-state index contributed by atoms with van der Waals surface area (Å²) in [5, 5.41) is 9.17. The fourth-order valence-corrected chi connectivity index (χ4v) is 3.22. The Morgan fingerprint density at radius 2 is 2.20 bits per heavy atom. The molecule has 0 bridgehead atoms. The fraction of sp³-hybridized carbons (Fsp3) is 0.0714. The van der Waals surface area contributed by atoms with Gasteiger partial charge in [-0.05, 0) is 29.6 Å². The molecule has 0 radical (unpaired) electrons. The van der Waals surface area contributed by atoms with Gasteiger partial charge in [-0.1, -0.05) is 22.0 Å². The monoisotopic (exact) mass is 349 g/mol. The van der Waals surface area contributed by atoms with Crippen LogP contribution in [0.3, 0.4) is 0 Å². The summed E-state index contributed by atoms with van der Waals surface area (Å²) in [6.45, 7) is 0. The van der Waals surface area contributed by atoms with E-state index in [1.165, 1.54) is 0 Å². The molecule has 0 saturated carbocycles. The predicted molar refractivity (Wildman–Crippen MR) is 86.0 cm³/mol. The van der Waals surface area contributed by atoms with Crippen LogP contribution >= 0.6 is 27.3 Å². The highest BCUT2D eigenvalue weighted by Crippen LogP contribution is 2.41. The van der Waals surface area contributed by atoms with Crippen LogP contribution in [-0.4, -0.2) is 17.3 Å². The number of nitrogens with zero attached hydrogens (tertiary/aromatic N) is 1. The van der Waals surface area contributed by atoms with Crippen LogP contribution < -0.4 is 10.5 Å². The molecule has 3 N–H and O–H groups in total. The van der Waals surface area contributed by atoms with Gasteiger partial charge in [-0.25, -0.2) is 0 Å². The zero-order valence-corrected chi connectivity index (χ0v) is 13.1. The van der Waals surface area contributed by atoms with Gasteiger partial charge in [0.15, 0.2) is 5.82 Å². The second-order valence-corrected chi connectivity index (χ2v) is 6.04. The second kappa shape index (κ2) is 5.30. The number of hydrogen-bond donors (Lipinski definition) is 2. The number of H-pyrrole nitrogens is 1. The van der Waals surface area contributed by atoms with Crippen molar-refractivity contribution in [1.29, 1.82) is 0 Å². The van der Waals surface area contributed by atoms with Gasteiger partial charge < -0.3 is 10.5 Å². The van der Waals surface area contributed by atoms with E-state index < -0.39 is 0 Å². The molecular weight excluding hydrogens is 338 g/mol. The summed E-state index contributed by atoms with van der Waals surface area (Å²) < 4.78 is 6.41. The highest BCUT2D eigenvalue weighted by atomic mass is 79.9. The smallest absolute Gasteiger partial charge is 0.154 e. The van der Waals surface area contributed by atoms with Crippen LogP contribution in [0.15, 0.2) is 40.2 Å². The molecular formula is C14H12BrN3OS. The number of nitrogens with one attached hydrogen (secondary N) is 1. The lowest BCUT2D eigenvalue weighted by Crippen LogP contribution is -1.90. The Morgan fingerprint density at radius 1 is 1.35 bits per heavy atom. The van der Waals surface area contributed by atoms with Crippen molar-refractivity contribution < 1.29 is 4.74 Å². The van der Waals surface area contributed by atoms with Gasteiger partial charge in [0.05, 0.1) is 18.4 Å². The lowest BCUT2D eigenvalue weighted by atomic mass is 10.1. The molecule has 2 aromatic heterocycles. The van der Waals surface area contributed by atoms with Gasteiger partial charge >= 0.3 is 0 Å². The van der Waals surface area contributed by atoms with E-state index in [2.05, 4.69) is 26.1 Å². The molecule has 3 aromatic rings. The first-order chi connectivity index (χ1) is 9.70. The highest BCUT2D eigenvalue weighted by molar-refractivity contribution is 9.10. The number of thiophene rings is 1. The number of benzene rings is 1. The molecule has 0 aliphatic rings. The largest absolute Gasteiger partial charge is 0.496 e. The number of methoxy groups -OCH3 is 1. The molecule has 0 spiro atoms. The third kappa shape index (κ3) is 2.21. The maximum atomic E-state index is 6.01. The van der Waals surface area contributed by atoms with Gasteiger partial charge in [-0.2, -0.15) is 5.10 Å². The second-order valence-electron chi connectivity index (χ2n) is 4.18. The predicted octanol–water partition coefficient (Wildman–Crippen LogP) is 4.16. The van der Waals surface area contributed by atoms with Crippen molar-refractivity contribution in [3.63, 3.8) is 0 Å². The maximum absolute atomic E-state index is 6.01. The molecule has 4 nitrogen and oxygen atoms in total. The average Bonchev–Trinajstić information content (AvgIpc) is 3.07. The van der Waals surface area contributed by atoms with Crippen LogP contribution in [0.5, 0.6) is 5.75 Å². The Labute approximate surface area is 128 Å². The van der Waals surface area contributed by atoms with Crippen LogP contribution in [0.25, 0.3) is 21.7 Å². The van der Waals surface area contributed by atoms with Crippen molar-refractivity contribution in [3.8, 4) is 27.4 Å². The van der Waals surface area contributed by atoms with Crippen LogP contribution in [0.1, 0.15) is 0 Å². The van der Waals surface area contributed by atoms with E-state index in [9.17, 15) is 0 Å². The first-order valence-electron chi connectivity index (χ1n) is 5.92. The van der Waals surface area contributed by atoms with Crippen molar-refractivity contribution in [1.82, 2.24) is 10.2 Å². The molecule has 0 saturated heterocycles. The summed E-state index contributed by atoms with van der Waals surface area (Å²) in [7, 11) is 1.65. The molecule has 2 heterocycles. The fourth-order valence-electron chi connectivity index (χ4n) is 2.09. The van der Waals surface area contributed by atoms with E-state index >= 15 is 0 Å². The minimum Gasteiger partial charge on any atom is -0.496 e. The van der Waals surface area contributed by atoms with Gasteiger partial charge in [-0.3, -0.25) is 5.10 Å². The van der Waals surface area contributed by atoms with Crippen molar-refractivity contribution in [2.45, 2.75) is 0 Å². The summed E-state index contributed by atoms with van der Waals surface area (Å²) >= 11 is 5.07. The quantitative estimate of drug-likeness (QED) is 0.746. The van der Waals surface area contributed by atoms with E-state index in [1.54, 1.807) is 18.4 Å². The van der Waals surface area contributed by atoms with Gasteiger partial charge in [0, 0.05) is 14.9 Å². The summed E-state index contributed by atoms with van der Waals surface area (Å²) in [6, 6.07) is 9.89. The van der Waals surface area contributed by atoms with Crippen molar-refractivity contribution in [2.24, 2.45) is 0 Å². The van der Waals surface area contributed by atoms with E-state index in [1.807, 2.05) is 35.7 Å². The van der Waals surface area contributed by atoms with Crippen molar-refractivity contribution in [3.05, 3.63) is 40.2 Å². The Kier molecular flexibility index (Phi) is 3.50. The minimum atomic E-state index is 0.493. The molecule has 102 valence electrons. The summed E-state index contributed by atoms with van der Waals surface area (Å²) in [4.78, 5) is 1.08. The Bertz CT molecular complexity index is 737. The zero-order valence-electron chi connectivity index (χ0n) is 10.7. The Morgan fingerprint density at radius 3 is 2.90 bits per heavy atom. The normalized spacial score (nSPS) is 10.7. The van der Waals surface area contributed by atoms with Gasteiger partial charge in [-0.15, -0.1) is 11.3 Å². The molecule has 1 aromatic carbocycles. The standard InChI is InChI=1S/C14H12BrN3OS/c1-19-10-7-8(15)4-5-9(10)13-12(14(16)18-17-13)11-3-2-6-20-11/h2-7H,1H3,(H3,16,17,18). The number of aromatic nitrogens is 2. The number of aromatic amines is 1. The average molecular weight is 350 g/mol. The topological polar surface area (TPSA) is 63.9 Å². The van der Waals surface area contributed by atoms with Crippen molar-refractivity contribution in [2.75, 3.05) is 12.8 Å². The molecule has 0 aliphatic heterocycles. The Balaban J connectivity index is 2.22. The molecule has 6 heteroatoms. The summed E-state index contributed by atoms with van der Waals surface area (Å²) in [5.41, 5.74) is 8.73. The third-order valence-electron chi connectivity index (χ3n) is 2.99. The summed E-state index contributed by atoms with van der Waals surface area (Å²) in [5.74, 6) is 1.26. The third-order valence-corrected chi connectivity index (χ3v) is 4.38. The van der Waals surface area contributed by atoms with E-state index in [0.717, 1.165) is 31.9 Å². The van der Waals surface area contributed by atoms with Gasteiger partial charge in [0.2, 0.25) is 0 Å². The SMILES string of the molecule is COc1cc(Br)ccc1-c1[nH]nc(N)c1-c1cccs1.